The fraction of sp³-hybridized carbons (Fsp3) is 0.571. The van der Waals surface area contributed by atoms with E-state index in [2.05, 4.69) is 10.3 Å². The van der Waals surface area contributed by atoms with Gasteiger partial charge in [-0.2, -0.15) is 8.42 Å². The predicted molar refractivity (Wildman–Crippen MR) is 56.0 cm³/mol. The Morgan fingerprint density at radius 2 is 2.43 bits per heavy atom. The Morgan fingerprint density at radius 3 is 2.93 bits per heavy atom. The van der Waals surface area contributed by atoms with Gasteiger partial charge in [-0.25, -0.2) is 4.98 Å². The lowest BCUT2D eigenvalue weighted by Gasteiger charge is -2.10. The van der Waals surface area contributed by atoms with Gasteiger partial charge in [0.25, 0.3) is 10.1 Å². The number of anilines is 1. The lowest BCUT2D eigenvalue weighted by molar-refractivity contribution is 0.244. The van der Waals surface area contributed by atoms with Crippen molar-refractivity contribution in [2.75, 3.05) is 18.1 Å². The van der Waals surface area contributed by atoms with Crippen LogP contribution in [0.25, 0.3) is 0 Å². The molecule has 1 heterocycles. The Balaban J connectivity index is 2.32. The zero-order valence-electron chi connectivity index (χ0n) is 7.93. The van der Waals surface area contributed by atoms with Crippen molar-refractivity contribution < 1.29 is 12.6 Å². The average molecular weight is 236 g/mol. The average Bonchev–Trinajstić information content (AvgIpc) is 2.49. The quantitative estimate of drug-likeness (QED) is 0.770. The molecule has 14 heavy (non-hydrogen) atoms. The molecule has 80 valence electrons. The minimum absolute atomic E-state index is 0.395. The van der Waals surface area contributed by atoms with E-state index < -0.39 is 16.2 Å². The Hall–Kier alpha value is -0.660. The first-order valence-electron chi connectivity index (χ1n) is 3.99. The van der Waals surface area contributed by atoms with E-state index in [0.29, 0.717) is 6.54 Å². The van der Waals surface area contributed by atoms with Crippen LogP contribution in [0.3, 0.4) is 0 Å². The normalized spacial score (nSPS) is 13.9. The maximum absolute atomic E-state index is 10.7. The van der Waals surface area contributed by atoms with Crippen molar-refractivity contribution in [3.05, 3.63) is 11.6 Å². The summed E-state index contributed by atoms with van der Waals surface area (Å²) in [5.74, 6) is 0. The molecule has 1 aromatic heterocycles. The first-order chi connectivity index (χ1) is 6.47. The van der Waals surface area contributed by atoms with E-state index in [1.165, 1.54) is 11.3 Å². The van der Waals surface area contributed by atoms with E-state index in [9.17, 15) is 8.42 Å². The Morgan fingerprint density at radius 1 is 1.71 bits per heavy atom. The van der Waals surface area contributed by atoms with E-state index in [-0.39, 0.29) is 0 Å². The molecule has 1 unspecified atom stereocenters. The molecule has 0 amide bonds. The van der Waals surface area contributed by atoms with Crippen molar-refractivity contribution in [3.63, 3.8) is 0 Å². The SMILES string of the molecule is CC(CNc1nccs1)OS(C)(=O)=O. The van der Waals surface area contributed by atoms with Gasteiger partial charge in [-0.15, -0.1) is 11.3 Å². The summed E-state index contributed by atoms with van der Waals surface area (Å²) < 4.78 is 26.2. The molecule has 1 N–H and O–H groups in total. The van der Waals surface area contributed by atoms with Crippen molar-refractivity contribution in [2.45, 2.75) is 13.0 Å². The van der Waals surface area contributed by atoms with Crippen LogP contribution in [-0.4, -0.2) is 32.3 Å². The molecule has 0 saturated heterocycles. The third-order valence-electron chi connectivity index (χ3n) is 1.31. The molecule has 0 bridgehead atoms. The van der Waals surface area contributed by atoms with Crippen molar-refractivity contribution in [1.29, 1.82) is 0 Å². The van der Waals surface area contributed by atoms with Gasteiger partial charge in [0.05, 0.1) is 12.4 Å². The summed E-state index contributed by atoms with van der Waals surface area (Å²) >= 11 is 1.46. The van der Waals surface area contributed by atoms with Gasteiger partial charge in [0.2, 0.25) is 0 Å². The van der Waals surface area contributed by atoms with E-state index in [0.717, 1.165) is 11.4 Å². The van der Waals surface area contributed by atoms with Crippen molar-refractivity contribution >= 4 is 26.6 Å². The number of nitrogens with one attached hydrogen (secondary N) is 1. The predicted octanol–water partition coefficient (Wildman–Crippen LogP) is 0.920. The van der Waals surface area contributed by atoms with Gasteiger partial charge in [0.1, 0.15) is 0 Å². The van der Waals surface area contributed by atoms with Crippen LogP contribution in [0.1, 0.15) is 6.92 Å². The summed E-state index contributed by atoms with van der Waals surface area (Å²) in [5, 5.41) is 5.56. The molecular formula is C7H12N2O3S2. The number of rotatable bonds is 5. The third-order valence-corrected chi connectivity index (χ3v) is 2.72. The van der Waals surface area contributed by atoms with Crippen LogP contribution in [0.4, 0.5) is 5.13 Å². The number of aromatic nitrogens is 1. The molecule has 0 aliphatic carbocycles. The maximum Gasteiger partial charge on any atom is 0.264 e. The molecular weight excluding hydrogens is 224 g/mol. The fourth-order valence-electron chi connectivity index (χ4n) is 0.874. The van der Waals surface area contributed by atoms with Crippen molar-refractivity contribution in [2.24, 2.45) is 0 Å². The van der Waals surface area contributed by atoms with Crippen LogP contribution in [0, 0.1) is 0 Å². The monoisotopic (exact) mass is 236 g/mol. The van der Waals surface area contributed by atoms with E-state index >= 15 is 0 Å². The third kappa shape index (κ3) is 4.54. The van der Waals surface area contributed by atoms with Crippen LogP contribution in [-0.2, 0) is 14.3 Å². The summed E-state index contributed by atoms with van der Waals surface area (Å²) in [4.78, 5) is 3.99. The summed E-state index contributed by atoms with van der Waals surface area (Å²) in [6.07, 6.45) is 2.32. The molecule has 0 aliphatic heterocycles. The first-order valence-corrected chi connectivity index (χ1v) is 6.68. The largest absolute Gasteiger partial charge is 0.359 e. The van der Waals surface area contributed by atoms with Gasteiger partial charge >= 0.3 is 0 Å². The van der Waals surface area contributed by atoms with Crippen LogP contribution < -0.4 is 5.32 Å². The number of hydrogen-bond donors (Lipinski definition) is 1. The van der Waals surface area contributed by atoms with Gasteiger partial charge < -0.3 is 5.32 Å². The summed E-state index contributed by atoms with van der Waals surface area (Å²) in [6.45, 7) is 2.10. The molecule has 0 aliphatic rings. The summed E-state index contributed by atoms with van der Waals surface area (Å²) in [6, 6.07) is 0. The Kier molecular flexibility index (Phi) is 3.85. The highest BCUT2D eigenvalue weighted by molar-refractivity contribution is 7.86. The summed E-state index contributed by atoms with van der Waals surface area (Å²) in [5.41, 5.74) is 0. The topological polar surface area (TPSA) is 68.3 Å². The highest BCUT2D eigenvalue weighted by atomic mass is 32.2. The van der Waals surface area contributed by atoms with E-state index in [4.69, 9.17) is 4.18 Å². The minimum atomic E-state index is -3.37. The second-order valence-electron chi connectivity index (χ2n) is 2.83. The Labute approximate surface area is 87.2 Å². The van der Waals surface area contributed by atoms with Gasteiger partial charge in [-0.3, -0.25) is 4.18 Å². The van der Waals surface area contributed by atoms with Crippen molar-refractivity contribution in [1.82, 2.24) is 4.98 Å². The van der Waals surface area contributed by atoms with Crippen LogP contribution in [0.2, 0.25) is 0 Å². The van der Waals surface area contributed by atoms with Gasteiger partial charge in [-0.1, -0.05) is 0 Å². The van der Waals surface area contributed by atoms with Crippen LogP contribution >= 0.6 is 11.3 Å². The summed E-state index contributed by atoms with van der Waals surface area (Å²) in [7, 11) is -3.37. The van der Waals surface area contributed by atoms with Gasteiger partial charge in [0, 0.05) is 18.1 Å². The van der Waals surface area contributed by atoms with Crippen LogP contribution in [0.5, 0.6) is 0 Å². The molecule has 7 heteroatoms. The van der Waals surface area contributed by atoms with Gasteiger partial charge in [-0.05, 0) is 6.92 Å². The highest BCUT2D eigenvalue weighted by Crippen LogP contribution is 2.10. The fourth-order valence-corrected chi connectivity index (χ4v) is 2.08. The molecule has 0 spiro atoms. The van der Waals surface area contributed by atoms with Gasteiger partial charge in [0.15, 0.2) is 5.13 Å². The maximum atomic E-state index is 10.7. The highest BCUT2D eigenvalue weighted by Gasteiger charge is 2.09. The molecule has 1 atom stereocenters. The number of nitrogens with zero attached hydrogens (tertiary/aromatic N) is 1. The molecule has 1 aromatic rings. The molecule has 0 fully saturated rings. The smallest absolute Gasteiger partial charge is 0.264 e. The first kappa shape index (κ1) is 11.4. The van der Waals surface area contributed by atoms with E-state index in [1.54, 1.807) is 13.1 Å². The molecule has 5 nitrogen and oxygen atoms in total. The zero-order chi connectivity index (χ0) is 10.6. The van der Waals surface area contributed by atoms with Crippen molar-refractivity contribution in [3.8, 4) is 0 Å². The second kappa shape index (κ2) is 4.72. The Bertz CT molecular complexity index is 360. The molecule has 0 aromatic carbocycles. The standard InChI is InChI=1S/C7H12N2O3S2/c1-6(12-14(2,10)11)5-9-7-8-3-4-13-7/h3-4,6H,5H2,1-2H3,(H,8,9). The zero-order valence-corrected chi connectivity index (χ0v) is 9.56. The lowest BCUT2D eigenvalue weighted by atomic mass is 10.4. The second-order valence-corrected chi connectivity index (χ2v) is 5.32. The van der Waals surface area contributed by atoms with Crippen LogP contribution in [0.15, 0.2) is 11.6 Å². The molecule has 0 saturated carbocycles. The minimum Gasteiger partial charge on any atom is -0.359 e. The molecule has 1 rings (SSSR count). The number of thiazole rings is 1. The van der Waals surface area contributed by atoms with E-state index in [1.807, 2.05) is 5.38 Å². The number of hydrogen-bond acceptors (Lipinski definition) is 6. The lowest BCUT2D eigenvalue weighted by Crippen LogP contribution is -2.22. The molecule has 0 radical (unpaired) electrons.